The lowest BCUT2D eigenvalue weighted by Gasteiger charge is -2.40. The molecule has 1 aromatic carbocycles. The predicted molar refractivity (Wildman–Crippen MR) is 83.6 cm³/mol. The number of nitrogens with zero attached hydrogens (tertiary/aromatic N) is 2. The molecule has 2 rings (SSSR count). The van der Waals surface area contributed by atoms with Gasteiger partial charge in [0.25, 0.3) is 0 Å². The number of para-hydroxylation sites is 1. The molecule has 1 atom stereocenters. The lowest BCUT2D eigenvalue weighted by molar-refractivity contribution is -0.134. The van der Waals surface area contributed by atoms with E-state index < -0.39 is 0 Å². The normalized spacial score (nSPS) is 18.9. The fourth-order valence-corrected chi connectivity index (χ4v) is 2.69. The summed E-state index contributed by atoms with van der Waals surface area (Å²) in [6.45, 7) is 3.51. The molecule has 1 fully saturated rings. The van der Waals surface area contributed by atoms with Crippen LogP contribution in [-0.2, 0) is 9.59 Å². The van der Waals surface area contributed by atoms with Gasteiger partial charge in [-0.15, -0.1) is 0 Å². The zero-order valence-electron chi connectivity index (χ0n) is 13.3. The number of hydrogen-bond donors (Lipinski definition) is 1. The minimum absolute atomic E-state index is 0.0526. The molecule has 6 heteroatoms. The maximum Gasteiger partial charge on any atom is 0.242 e. The molecule has 0 spiro atoms. The first-order valence-corrected chi connectivity index (χ1v) is 7.38. The second-order valence-electron chi connectivity index (χ2n) is 5.49. The van der Waals surface area contributed by atoms with Crippen molar-refractivity contribution in [1.29, 1.82) is 0 Å². The Morgan fingerprint density at radius 1 is 1.32 bits per heavy atom. The molecule has 0 bridgehead atoms. The van der Waals surface area contributed by atoms with Crippen LogP contribution in [0.3, 0.4) is 0 Å². The van der Waals surface area contributed by atoms with Gasteiger partial charge < -0.3 is 15.0 Å². The Morgan fingerprint density at radius 3 is 2.73 bits per heavy atom. The SMILES string of the molecule is COc1ccccc1[C@@H]1CN(C(=O)CNC(C)=O)CCN1C. The summed E-state index contributed by atoms with van der Waals surface area (Å²) in [5, 5.41) is 2.56. The Bertz CT molecular complexity index is 547. The smallest absolute Gasteiger partial charge is 0.242 e. The van der Waals surface area contributed by atoms with Crippen LogP contribution >= 0.6 is 0 Å². The standard InChI is InChI=1S/C16H23N3O3/c1-12(20)17-10-16(21)19-9-8-18(2)14(11-19)13-6-4-5-7-15(13)22-3/h4-7,14H,8-11H2,1-3H3,(H,17,20)/t14-/m0/s1. The van der Waals surface area contributed by atoms with Crippen LogP contribution in [0, 0.1) is 0 Å². The summed E-state index contributed by atoms with van der Waals surface area (Å²) in [5.74, 6) is 0.586. The summed E-state index contributed by atoms with van der Waals surface area (Å²) in [4.78, 5) is 27.2. The predicted octanol–water partition coefficient (Wildman–Crippen LogP) is 0.646. The van der Waals surface area contributed by atoms with E-state index in [9.17, 15) is 9.59 Å². The number of carbonyl (C=O) groups excluding carboxylic acids is 2. The second kappa shape index (κ2) is 7.26. The second-order valence-corrected chi connectivity index (χ2v) is 5.49. The molecule has 22 heavy (non-hydrogen) atoms. The quantitative estimate of drug-likeness (QED) is 0.887. The summed E-state index contributed by atoms with van der Waals surface area (Å²) >= 11 is 0. The minimum Gasteiger partial charge on any atom is -0.496 e. The maximum absolute atomic E-state index is 12.2. The van der Waals surface area contributed by atoms with E-state index >= 15 is 0 Å². The number of rotatable bonds is 4. The van der Waals surface area contributed by atoms with Crippen LogP contribution in [0.25, 0.3) is 0 Å². The third kappa shape index (κ3) is 3.76. The van der Waals surface area contributed by atoms with Crippen molar-refractivity contribution in [3.63, 3.8) is 0 Å². The first-order valence-electron chi connectivity index (χ1n) is 7.38. The van der Waals surface area contributed by atoms with Crippen molar-refractivity contribution in [2.45, 2.75) is 13.0 Å². The van der Waals surface area contributed by atoms with E-state index in [2.05, 4.69) is 10.2 Å². The number of carbonyl (C=O) groups is 2. The molecule has 1 aliphatic heterocycles. The van der Waals surface area contributed by atoms with Crippen molar-refractivity contribution in [2.24, 2.45) is 0 Å². The average molecular weight is 305 g/mol. The third-order valence-corrected chi connectivity index (χ3v) is 3.99. The van der Waals surface area contributed by atoms with Gasteiger partial charge in [0.2, 0.25) is 11.8 Å². The maximum atomic E-state index is 12.2. The summed E-state index contributed by atoms with van der Waals surface area (Å²) in [5.41, 5.74) is 1.07. The number of benzene rings is 1. The average Bonchev–Trinajstić information content (AvgIpc) is 2.53. The fourth-order valence-electron chi connectivity index (χ4n) is 2.69. The Balaban J connectivity index is 2.11. The van der Waals surface area contributed by atoms with E-state index in [1.54, 1.807) is 12.0 Å². The molecule has 1 saturated heterocycles. The first-order chi connectivity index (χ1) is 10.5. The van der Waals surface area contributed by atoms with Gasteiger partial charge in [-0.25, -0.2) is 0 Å². The highest BCUT2D eigenvalue weighted by atomic mass is 16.5. The Labute approximate surface area is 131 Å². The molecular weight excluding hydrogens is 282 g/mol. The monoisotopic (exact) mass is 305 g/mol. The zero-order chi connectivity index (χ0) is 16.1. The van der Waals surface area contributed by atoms with Crippen LogP contribution in [0.1, 0.15) is 18.5 Å². The van der Waals surface area contributed by atoms with E-state index in [0.29, 0.717) is 13.1 Å². The van der Waals surface area contributed by atoms with Gasteiger partial charge in [0.05, 0.1) is 19.7 Å². The number of hydrogen-bond acceptors (Lipinski definition) is 4. The van der Waals surface area contributed by atoms with Crippen molar-refractivity contribution in [1.82, 2.24) is 15.1 Å². The first kappa shape index (κ1) is 16.3. The van der Waals surface area contributed by atoms with Crippen LogP contribution < -0.4 is 10.1 Å². The minimum atomic E-state index is -0.191. The fraction of sp³-hybridized carbons (Fsp3) is 0.500. The number of amides is 2. The van der Waals surface area contributed by atoms with Crippen LogP contribution in [0.4, 0.5) is 0 Å². The molecule has 1 aromatic rings. The molecule has 6 nitrogen and oxygen atoms in total. The molecule has 2 amide bonds. The Hall–Kier alpha value is -2.08. The largest absolute Gasteiger partial charge is 0.496 e. The topological polar surface area (TPSA) is 61.9 Å². The van der Waals surface area contributed by atoms with E-state index in [0.717, 1.165) is 17.9 Å². The van der Waals surface area contributed by atoms with E-state index in [1.807, 2.05) is 31.3 Å². The van der Waals surface area contributed by atoms with Gasteiger partial charge in [-0.05, 0) is 13.1 Å². The van der Waals surface area contributed by atoms with Crippen molar-refractivity contribution < 1.29 is 14.3 Å². The molecule has 0 aromatic heterocycles. The highest BCUT2D eigenvalue weighted by molar-refractivity contribution is 5.83. The summed E-state index contributed by atoms with van der Waals surface area (Å²) in [6, 6.07) is 7.96. The molecule has 0 aliphatic carbocycles. The third-order valence-electron chi connectivity index (χ3n) is 3.99. The number of likely N-dealkylation sites (N-methyl/N-ethyl adjacent to an activating group) is 1. The molecule has 1 N–H and O–H groups in total. The lowest BCUT2D eigenvalue weighted by atomic mass is 10.0. The van der Waals surface area contributed by atoms with Crippen LogP contribution in [0.2, 0.25) is 0 Å². The van der Waals surface area contributed by atoms with Gasteiger partial charge in [-0.2, -0.15) is 0 Å². The van der Waals surface area contributed by atoms with E-state index in [4.69, 9.17) is 4.74 Å². The van der Waals surface area contributed by atoms with E-state index in [1.165, 1.54) is 6.92 Å². The van der Waals surface area contributed by atoms with Gasteiger partial charge >= 0.3 is 0 Å². The van der Waals surface area contributed by atoms with Crippen molar-refractivity contribution in [3.05, 3.63) is 29.8 Å². The van der Waals surface area contributed by atoms with Crippen LogP contribution in [-0.4, -0.2) is 62.0 Å². The van der Waals surface area contributed by atoms with Crippen molar-refractivity contribution in [3.8, 4) is 5.75 Å². The molecule has 1 heterocycles. The van der Waals surface area contributed by atoms with Gasteiger partial charge in [-0.3, -0.25) is 14.5 Å². The molecule has 120 valence electrons. The van der Waals surface area contributed by atoms with Crippen molar-refractivity contribution in [2.75, 3.05) is 40.3 Å². The highest BCUT2D eigenvalue weighted by Gasteiger charge is 2.29. The number of methoxy groups -OCH3 is 1. The van der Waals surface area contributed by atoms with Gasteiger partial charge in [0, 0.05) is 32.1 Å². The van der Waals surface area contributed by atoms with Crippen molar-refractivity contribution >= 4 is 11.8 Å². The Morgan fingerprint density at radius 2 is 2.05 bits per heavy atom. The molecule has 0 radical (unpaired) electrons. The molecular formula is C16H23N3O3. The van der Waals surface area contributed by atoms with Crippen LogP contribution in [0.15, 0.2) is 24.3 Å². The van der Waals surface area contributed by atoms with E-state index in [-0.39, 0.29) is 24.4 Å². The lowest BCUT2D eigenvalue weighted by Crippen LogP contribution is -2.51. The molecule has 1 aliphatic rings. The zero-order valence-corrected chi connectivity index (χ0v) is 13.3. The van der Waals surface area contributed by atoms with Crippen LogP contribution in [0.5, 0.6) is 5.75 Å². The summed E-state index contributed by atoms with van der Waals surface area (Å²) < 4.78 is 5.43. The van der Waals surface area contributed by atoms with Gasteiger partial charge in [-0.1, -0.05) is 18.2 Å². The molecule has 0 unspecified atom stereocenters. The number of piperazine rings is 1. The summed E-state index contributed by atoms with van der Waals surface area (Å²) in [6.07, 6.45) is 0. The summed E-state index contributed by atoms with van der Waals surface area (Å²) in [7, 11) is 3.70. The number of ether oxygens (including phenoxy) is 1. The molecule has 0 saturated carbocycles. The van der Waals surface area contributed by atoms with Gasteiger partial charge in [0.15, 0.2) is 0 Å². The Kier molecular flexibility index (Phi) is 5.38. The highest BCUT2D eigenvalue weighted by Crippen LogP contribution is 2.31. The van der Waals surface area contributed by atoms with Gasteiger partial charge in [0.1, 0.15) is 5.75 Å². The number of nitrogens with one attached hydrogen (secondary N) is 1.